The lowest BCUT2D eigenvalue weighted by Gasteiger charge is -2.26. The minimum Gasteiger partial charge on any atom is -0.371 e. The number of fused-ring (bicyclic) bond motifs is 3. The van der Waals surface area contributed by atoms with Crippen molar-refractivity contribution in [3.63, 3.8) is 0 Å². The molecule has 1 aromatic heterocycles. The third-order valence-corrected chi connectivity index (χ3v) is 3.85. The highest BCUT2D eigenvalue weighted by Gasteiger charge is 2.24. The second-order valence-corrected chi connectivity index (χ2v) is 6.51. The fourth-order valence-electron chi connectivity index (χ4n) is 2.36. The number of aromatic nitrogens is 2. The zero-order valence-corrected chi connectivity index (χ0v) is 11.4. The van der Waals surface area contributed by atoms with Crippen LogP contribution in [0.2, 0.25) is 0 Å². The molecule has 19 heavy (non-hydrogen) atoms. The summed E-state index contributed by atoms with van der Waals surface area (Å²) in [5.41, 5.74) is 1.92. The number of para-hydroxylation sites is 2. The topological polar surface area (TPSA) is 73.2 Å². The molecular formula is C12H15N3O3S. The van der Waals surface area contributed by atoms with Crippen LogP contribution >= 0.6 is 0 Å². The fraction of sp³-hybridized carbons (Fsp3) is 0.417. The third-order valence-electron chi connectivity index (χ3n) is 3.16. The summed E-state index contributed by atoms with van der Waals surface area (Å²) in [5, 5.41) is 0. The number of imidazole rings is 1. The monoisotopic (exact) mass is 281 g/mol. The molecule has 6 nitrogen and oxygen atoms in total. The molecule has 1 N–H and O–H groups in total. The van der Waals surface area contributed by atoms with Crippen LogP contribution in [0.15, 0.2) is 24.3 Å². The van der Waals surface area contributed by atoms with E-state index in [0.29, 0.717) is 19.8 Å². The molecule has 0 bridgehead atoms. The van der Waals surface area contributed by atoms with Crippen molar-refractivity contribution in [3.05, 3.63) is 30.1 Å². The Morgan fingerprint density at radius 2 is 2.26 bits per heavy atom. The van der Waals surface area contributed by atoms with E-state index in [1.54, 1.807) is 0 Å². The van der Waals surface area contributed by atoms with E-state index >= 15 is 0 Å². The van der Waals surface area contributed by atoms with Crippen molar-refractivity contribution in [2.45, 2.75) is 12.6 Å². The van der Waals surface area contributed by atoms with E-state index in [2.05, 4.69) is 14.3 Å². The van der Waals surface area contributed by atoms with Gasteiger partial charge in [-0.3, -0.25) is 0 Å². The zero-order chi connectivity index (χ0) is 13.5. The van der Waals surface area contributed by atoms with Crippen molar-refractivity contribution in [2.75, 3.05) is 19.4 Å². The Kier molecular flexibility index (Phi) is 3.04. The van der Waals surface area contributed by atoms with Crippen LogP contribution in [-0.2, 0) is 21.4 Å². The third kappa shape index (κ3) is 2.49. The van der Waals surface area contributed by atoms with Gasteiger partial charge in [-0.25, -0.2) is 18.1 Å². The Balaban J connectivity index is 1.99. The second-order valence-electron chi connectivity index (χ2n) is 4.68. The predicted molar refractivity (Wildman–Crippen MR) is 71.3 cm³/mol. The highest BCUT2D eigenvalue weighted by atomic mass is 32.2. The summed E-state index contributed by atoms with van der Waals surface area (Å²) in [6, 6.07) is 7.76. The molecule has 2 aromatic rings. The van der Waals surface area contributed by atoms with Crippen molar-refractivity contribution in [1.82, 2.24) is 14.3 Å². The van der Waals surface area contributed by atoms with E-state index < -0.39 is 10.0 Å². The minimum absolute atomic E-state index is 0.0640. The molecule has 0 aliphatic carbocycles. The molecule has 1 aliphatic heterocycles. The van der Waals surface area contributed by atoms with E-state index in [0.717, 1.165) is 23.1 Å². The molecule has 0 radical (unpaired) electrons. The number of nitrogens with zero attached hydrogens (tertiary/aromatic N) is 2. The smallest absolute Gasteiger partial charge is 0.208 e. The quantitative estimate of drug-likeness (QED) is 0.897. The molecule has 1 unspecified atom stereocenters. The van der Waals surface area contributed by atoms with Gasteiger partial charge < -0.3 is 9.30 Å². The van der Waals surface area contributed by atoms with Crippen LogP contribution in [0.1, 0.15) is 11.9 Å². The molecule has 0 amide bonds. The van der Waals surface area contributed by atoms with Gasteiger partial charge >= 0.3 is 0 Å². The second kappa shape index (κ2) is 4.59. The average molecular weight is 281 g/mol. The van der Waals surface area contributed by atoms with E-state index in [-0.39, 0.29) is 6.04 Å². The van der Waals surface area contributed by atoms with E-state index in [1.807, 2.05) is 24.3 Å². The number of benzene rings is 1. The van der Waals surface area contributed by atoms with Gasteiger partial charge in [0.25, 0.3) is 0 Å². The number of ether oxygens (including phenoxy) is 1. The van der Waals surface area contributed by atoms with Gasteiger partial charge in [0.05, 0.1) is 29.9 Å². The Morgan fingerprint density at radius 1 is 1.47 bits per heavy atom. The molecule has 1 atom stereocenters. The van der Waals surface area contributed by atoms with Crippen LogP contribution in [0, 0.1) is 0 Å². The molecule has 1 aromatic carbocycles. The van der Waals surface area contributed by atoms with Crippen LogP contribution in [0.4, 0.5) is 0 Å². The first-order valence-electron chi connectivity index (χ1n) is 6.03. The summed E-state index contributed by atoms with van der Waals surface area (Å²) < 4.78 is 32.5. The number of rotatable bonds is 3. The van der Waals surface area contributed by atoms with Gasteiger partial charge in [-0.15, -0.1) is 0 Å². The first kappa shape index (κ1) is 12.6. The highest BCUT2D eigenvalue weighted by Crippen LogP contribution is 2.25. The van der Waals surface area contributed by atoms with Crippen LogP contribution in [-0.4, -0.2) is 37.4 Å². The van der Waals surface area contributed by atoms with Crippen molar-refractivity contribution < 1.29 is 13.2 Å². The molecule has 0 saturated heterocycles. The molecule has 1 aliphatic rings. The fourth-order valence-corrected chi connectivity index (χ4v) is 2.86. The molecular weight excluding hydrogens is 266 g/mol. The summed E-state index contributed by atoms with van der Waals surface area (Å²) in [6.07, 6.45) is 1.16. The van der Waals surface area contributed by atoms with Gasteiger partial charge in [0.15, 0.2) is 0 Å². The standard InChI is InChI=1S/C12H15N3O3S/c1-19(16,17)13-6-9-7-18-8-12-14-10-4-2-3-5-11(10)15(9)12/h2-5,9,13H,6-8H2,1H3. The SMILES string of the molecule is CS(=O)(=O)NCC1COCc2nc3ccccc3n21. The summed E-state index contributed by atoms with van der Waals surface area (Å²) in [6.45, 7) is 1.26. The Bertz CT molecular complexity index is 708. The maximum absolute atomic E-state index is 11.2. The lowest BCUT2D eigenvalue weighted by Crippen LogP contribution is -2.35. The number of hydrogen-bond donors (Lipinski definition) is 1. The summed E-state index contributed by atoms with van der Waals surface area (Å²) >= 11 is 0. The zero-order valence-electron chi connectivity index (χ0n) is 10.5. The Morgan fingerprint density at radius 3 is 3.05 bits per heavy atom. The normalized spacial score (nSPS) is 19.5. The first-order valence-corrected chi connectivity index (χ1v) is 7.92. The van der Waals surface area contributed by atoms with Gasteiger partial charge in [0.2, 0.25) is 10.0 Å². The maximum Gasteiger partial charge on any atom is 0.208 e. The number of hydrogen-bond acceptors (Lipinski definition) is 4. The van der Waals surface area contributed by atoms with Crippen LogP contribution in [0.5, 0.6) is 0 Å². The molecule has 0 fully saturated rings. The molecule has 102 valence electrons. The first-order chi connectivity index (χ1) is 9.04. The number of nitrogens with one attached hydrogen (secondary N) is 1. The molecule has 3 rings (SSSR count). The number of sulfonamides is 1. The van der Waals surface area contributed by atoms with Crippen molar-refractivity contribution in [1.29, 1.82) is 0 Å². The average Bonchev–Trinajstić information content (AvgIpc) is 2.74. The van der Waals surface area contributed by atoms with Crippen molar-refractivity contribution in [2.24, 2.45) is 0 Å². The molecule has 7 heteroatoms. The van der Waals surface area contributed by atoms with Gasteiger partial charge in [0, 0.05) is 6.54 Å². The van der Waals surface area contributed by atoms with E-state index in [4.69, 9.17) is 4.74 Å². The van der Waals surface area contributed by atoms with E-state index in [9.17, 15) is 8.42 Å². The summed E-state index contributed by atoms with van der Waals surface area (Å²) in [5.74, 6) is 0.841. The van der Waals surface area contributed by atoms with Crippen LogP contribution in [0.3, 0.4) is 0 Å². The lowest BCUT2D eigenvalue weighted by molar-refractivity contribution is 0.0581. The predicted octanol–water partition coefficient (Wildman–Crippen LogP) is 0.657. The Hall–Kier alpha value is -1.44. The van der Waals surface area contributed by atoms with Crippen molar-refractivity contribution >= 4 is 21.1 Å². The molecule has 0 saturated carbocycles. The lowest BCUT2D eigenvalue weighted by atomic mass is 10.2. The van der Waals surface area contributed by atoms with Gasteiger partial charge in [-0.05, 0) is 12.1 Å². The Labute approximate surface area is 111 Å². The minimum atomic E-state index is -3.20. The van der Waals surface area contributed by atoms with Gasteiger partial charge in [-0.2, -0.15) is 0 Å². The largest absolute Gasteiger partial charge is 0.371 e. The van der Waals surface area contributed by atoms with Gasteiger partial charge in [0.1, 0.15) is 12.4 Å². The summed E-state index contributed by atoms with van der Waals surface area (Å²) in [4.78, 5) is 4.51. The summed E-state index contributed by atoms with van der Waals surface area (Å²) in [7, 11) is -3.20. The molecule has 0 spiro atoms. The maximum atomic E-state index is 11.2. The van der Waals surface area contributed by atoms with E-state index in [1.165, 1.54) is 0 Å². The highest BCUT2D eigenvalue weighted by molar-refractivity contribution is 7.88. The van der Waals surface area contributed by atoms with Crippen LogP contribution < -0.4 is 4.72 Å². The van der Waals surface area contributed by atoms with Crippen molar-refractivity contribution in [3.8, 4) is 0 Å². The van der Waals surface area contributed by atoms with Gasteiger partial charge in [-0.1, -0.05) is 12.1 Å². The molecule has 2 heterocycles. The van der Waals surface area contributed by atoms with Crippen LogP contribution in [0.25, 0.3) is 11.0 Å².